The molecule has 0 saturated carbocycles. The van der Waals surface area contributed by atoms with Crippen LogP contribution in [-0.4, -0.2) is 29.1 Å². The zero-order valence-corrected chi connectivity index (χ0v) is 14.6. The van der Waals surface area contributed by atoms with E-state index in [-0.39, 0.29) is 0 Å². The van der Waals surface area contributed by atoms with Gasteiger partial charge in [0, 0.05) is 5.75 Å². The van der Waals surface area contributed by atoms with Crippen LogP contribution < -0.4 is 5.76 Å². The first-order valence-electron chi connectivity index (χ1n) is 7.52. The Morgan fingerprint density at radius 3 is 2.52 bits per heavy atom. The van der Waals surface area contributed by atoms with Crippen molar-refractivity contribution in [2.75, 3.05) is 5.75 Å². The summed E-state index contributed by atoms with van der Waals surface area (Å²) in [7, 11) is -0.438. The van der Waals surface area contributed by atoms with E-state index in [4.69, 9.17) is 13.7 Å². The highest BCUT2D eigenvalue weighted by molar-refractivity contribution is 7.80. The fourth-order valence-corrected chi connectivity index (χ4v) is 2.69. The maximum absolute atomic E-state index is 11.2. The van der Waals surface area contributed by atoms with Gasteiger partial charge in [-0.3, -0.25) is 4.98 Å². The summed E-state index contributed by atoms with van der Waals surface area (Å²) in [6.07, 6.45) is 1.96. The first kappa shape index (κ1) is 16.4. The highest BCUT2D eigenvalue weighted by Gasteiger charge is 2.52. The Morgan fingerprint density at radius 1 is 1.26 bits per heavy atom. The van der Waals surface area contributed by atoms with Crippen LogP contribution in [0.3, 0.4) is 0 Å². The lowest BCUT2D eigenvalue weighted by Gasteiger charge is -2.32. The standard InChI is InChI=1S/C16H20BNO4S/c1-15(2)16(3,4)22-17(21-15)11(9-23)7-10-5-6-12-13(8-10)20-14(19)18-12/h5-8,23H,9H2,1-4H3,(H,18,19). The predicted octanol–water partition coefficient (Wildman–Crippen LogP) is 3.07. The molecule has 1 aliphatic heterocycles. The molecule has 1 N–H and O–H groups in total. The van der Waals surface area contributed by atoms with Crippen LogP contribution in [0.15, 0.2) is 32.9 Å². The van der Waals surface area contributed by atoms with Crippen LogP contribution in [0.5, 0.6) is 0 Å². The lowest BCUT2D eigenvalue weighted by Crippen LogP contribution is -2.41. The summed E-state index contributed by atoms with van der Waals surface area (Å²) < 4.78 is 17.2. The van der Waals surface area contributed by atoms with E-state index in [0.717, 1.165) is 11.0 Å². The number of nitrogens with one attached hydrogen (secondary N) is 1. The molecule has 0 spiro atoms. The normalized spacial score (nSPS) is 20.4. The van der Waals surface area contributed by atoms with Crippen molar-refractivity contribution in [1.29, 1.82) is 0 Å². The maximum atomic E-state index is 11.2. The molecule has 0 amide bonds. The number of rotatable bonds is 3. The number of benzene rings is 1. The van der Waals surface area contributed by atoms with E-state index < -0.39 is 24.1 Å². The summed E-state index contributed by atoms with van der Waals surface area (Å²) >= 11 is 4.40. The molecular weight excluding hydrogens is 313 g/mol. The SMILES string of the molecule is CC1(C)OB(C(=Cc2ccc3[nH]c(=O)oc3c2)CS)OC1(C)C. The number of aromatic amines is 1. The number of H-pyrrole nitrogens is 1. The highest BCUT2D eigenvalue weighted by Crippen LogP contribution is 2.39. The van der Waals surface area contributed by atoms with Crippen molar-refractivity contribution in [3.63, 3.8) is 0 Å². The fourth-order valence-electron chi connectivity index (χ4n) is 2.45. The molecule has 1 fully saturated rings. The number of thiol groups is 1. The molecule has 7 heteroatoms. The number of oxazole rings is 1. The number of fused-ring (bicyclic) bond motifs is 1. The molecule has 0 atom stereocenters. The molecule has 2 aromatic rings. The number of aromatic nitrogens is 1. The van der Waals surface area contributed by atoms with Gasteiger partial charge in [0.2, 0.25) is 0 Å². The lowest BCUT2D eigenvalue weighted by atomic mass is 9.78. The third-order valence-electron chi connectivity index (χ3n) is 4.54. The van der Waals surface area contributed by atoms with E-state index in [1.807, 2.05) is 52.0 Å². The summed E-state index contributed by atoms with van der Waals surface area (Å²) in [5.41, 5.74) is 2.24. The van der Waals surface area contributed by atoms with Gasteiger partial charge in [-0.15, -0.1) is 0 Å². The minimum atomic E-state index is -0.457. The minimum Gasteiger partial charge on any atom is -0.408 e. The van der Waals surface area contributed by atoms with Crippen molar-refractivity contribution in [3.05, 3.63) is 39.8 Å². The highest BCUT2D eigenvalue weighted by atomic mass is 32.1. The second-order valence-corrected chi connectivity index (χ2v) is 7.05. The summed E-state index contributed by atoms with van der Waals surface area (Å²) in [6, 6.07) is 5.52. The van der Waals surface area contributed by atoms with E-state index in [1.165, 1.54) is 0 Å². The van der Waals surface area contributed by atoms with Gasteiger partial charge in [-0.2, -0.15) is 12.6 Å². The Morgan fingerprint density at radius 2 is 1.91 bits per heavy atom. The smallest absolute Gasteiger partial charge is 0.408 e. The molecule has 1 aliphatic rings. The van der Waals surface area contributed by atoms with Gasteiger partial charge in [-0.25, -0.2) is 4.79 Å². The molecule has 1 saturated heterocycles. The Kier molecular flexibility index (Phi) is 3.98. The van der Waals surface area contributed by atoms with E-state index >= 15 is 0 Å². The Bertz CT molecular complexity index is 805. The summed E-state index contributed by atoms with van der Waals surface area (Å²) in [5.74, 6) is 0.0490. The van der Waals surface area contributed by atoms with Gasteiger partial charge < -0.3 is 13.7 Å². The van der Waals surface area contributed by atoms with Gasteiger partial charge in [-0.05, 0) is 50.9 Å². The van der Waals surface area contributed by atoms with Crippen molar-refractivity contribution in [3.8, 4) is 0 Å². The van der Waals surface area contributed by atoms with Gasteiger partial charge in [-0.1, -0.05) is 12.1 Å². The van der Waals surface area contributed by atoms with E-state index in [2.05, 4.69) is 17.6 Å². The summed E-state index contributed by atoms with van der Waals surface area (Å²) in [5, 5.41) is 0. The zero-order chi connectivity index (χ0) is 16.8. The van der Waals surface area contributed by atoms with Crippen molar-refractivity contribution >= 4 is 36.9 Å². The van der Waals surface area contributed by atoms with Crippen molar-refractivity contribution < 1.29 is 13.7 Å². The third kappa shape index (κ3) is 3.01. The molecule has 2 heterocycles. The Balaban J connectivity index is 1.93. The average Bonchev–Trinajstić information content (AvgIpc) is 2.91. The van der Waals surface area contributed by atoms with Gasteiger partial charge >= 0.3 is 12.9 Å². The first-order chi connectivity index (χ1) is 10.7. The monoisotopic (exact) mass is 333 g/mol. The molecule has 0 unspecified atom stereocenters. The molecule has 0 bridgehead atoms. The fraction of sp³-hybridized carbons (Fsp3) is 0.438. The van der Waals surface area contributed by atoms with Crippen molar-refractivity contribution in [1.82, 2.24) is 4.98 Å². The van der Waals surface area contributed by atoms with Crippen molar-refractivity contribution in [2.45, 2.75) is 38.9 Å². The largest absolute Gasteiger partial charge is 0.491 e. The van der Waals surface area contributed by atoms with Crippen molar-refractivity contribution in [2.24, 2.45) is 0 Å². The lowest BCUT2D eigenvalue weighted by molar-refractivity contribution is 0.00578. The quantitative estimate of drug-likeness (QED) is 0.669. The second-order valence-electron chi connectivity index (χ2n) is 6.74. The molecule has 3 rings (SSSR count). The Hall–Kier alpha value is -1.44. The molecule has 5 nitrogen and oxygen atoms in total. The number of hydrogen-bond acceptors (Lipinski definition) is 5. The van der Waals surface area contributed by atoms with Crippen LogP contribution in [0.25, 0.3) is 17.2 Å². The van der Waals surface area contributed by atoms with Crippen LogP contribution >= 0.6 is 12.6 Å². The summed E-state index contributed by atoms with van der Waals surface area (Å²) in [6.45, 7) is 8.07. The number of hydrogen-bond donors (Lipinski definition) is 2. The molecule has 0 radical (unpaired) electrons. The van der Waals surface area contributed by atoms with Gasteiger partial charge in [0.05, 0.1) is 16.7 Å². The topological polar surface area (TPSA) is 64.5 Å². The van der Waals surface area contributed by atoms with Gasteiger partial charge in [0.1, 0.15) is 0 Å². The van der Waals surface area contributed by atoms with Crippen LogP contribution in [-0.2, 0) is 9.31 Å². The van der Waals surface area contributed by atoms with E-state index in [0.29, 0.717) is 16.9 Å². The molecule has 122 valence electrons. The van der Waals surface area contributed by atoms with E-state index in [9.17, 15) is 4.79 Å². The van der Waals surface area contributed by atoms with Crippen LogP contribution in [0, 0.1) is 0 Å². The van der Waals surface area contributed by atoms with Crippen LogP contribution in [0.2, 0.25) is 0 Å². The Labute approximate surface area is 140 Å². The molecule has 1 aromatic heterocycles. The zero-order valence-electron chi connectivity index (χ0n) is 13.7. The van der Waals surface area contributed by atoms with Gasteiger partial charge in [0.25, 0.3) is 0 Å². The first-order valence-corrected chi connectivity index (χ1v) is 8.15. The van der Waals surface area contributed by atoms with Crippen LogP contribution in [0.1, 0.15) is 33.3 Å². The molecule has 23 heavy (non-hydrogen) atoms. The molecule has 0 aliphatic carbocycles. The molecular formula is C16H20BNO4S. The van der Waals surface area contributed by atoms with Crippen LogP contribution in [0.4, 0.5) is 0 Å². The van der Waals surface area contributed by atoms with Gasteiger partial charge in [0.15, 0.2) is 5.58 Å². The molecule has 1 aromatic carbocycles. The summed E-state index contributed by atoms with van der Waals surface area (Å²) in [4.78, 5) is 13.9. The predicted molar refractivity (Wildman–Crippen MR) is 94.7 cm³/mol. The maximum Gasteiger partial charge on any atom is 0.491 e. The van der Waals surface area contributed by atoms with E-state index in [1.54, 1.807) is 0 Å². The second kappa shape index (κ2) is 5.58. The average molecular weight is 333 g/mol. The minimum absolute atomic E-state index is 0.392. The third-order valence-corrected chi connectivity index (χ3v) is 4.90.